The lowest BCUT2D eigenvalue weighted by Gasteiger charge is -2.42. The number of halogens is 3. The summed E-state index contributed by atoms with van der Waals surface area (Å²) in [7, 11) is 0. The van der Waals surface area contributed by atoms with Crippen LogP contribution in [0.5, 0.6) is 0 Å². The van der Waals surface area contributed by atoms with E-state index in [4.69, 9.17) is 14.2 Å². The number of rotatable bonds is 4. The molecule has 1 fully saturated rings. The lowest BCUT2D eigenvalue weighted by molar-refractivity contribution is -0.245. The van der Waals surface area contributed by atoms with Gasteiger partial charge in [-0.05, 0) is 37.1 Å². The molecule has 0 aliphatic carbocycles. The van der Waals surface area contributed by atoms with E-state index in [-0.39, 0.29) is 23.1 Å². The Hall–Kier alpha value is -2.87. The highest BCUT2D eigenvalue weighted by Gasteiger charge is 2.48. The fourth-order valence-electron chi connectivity index (χ4n) is 3.30. The molecule has 166 valence electrons. The Balaban J connectivity index is 1.89. The molecule has 0 saturated carbocycles. The van der Waals surface area contributed by atoms with Crippen molar-refractivity contribution >= 4 is 17.6 Å². The van der Waals surface area contributed by atoms with Crippen molar-refractivity contribution in [3.63, 3.8) is 0 Å². The third-order valence-corrected chi connectivity index (χ3v) is 5.41. The molecular weight excluding hydrogens is 411 g/mol. The van der Waals surface area contributed by atoms with Crippen molar-refractivity contribution in [2.75, 3.05) is 0 Å². The molecule has 2 unspecified atom stereocenters. The monoisotopic (exact) mass is 435 g/mol. The van der Waals surface area contributed by atoms with Crippen molar-refractivity contribution in [1.82, 2.24) is 0 Å². The number of hydrogen-bond acceptors (Lipinski definition) is 5. The highest BCUT2D eigenvalue weighted by molar-refractivity contribution is 5.89. The van der Waals surface area contributed by atoms with Crippen LogP contribution in [0.15, 0.2) is 65.7 Å². The summed E-state index contributed by atoms with van der Waals surface area (Å²) in [5.74, 6) is -2.51. The first-order valence-electron chi connectivity index (χ1n) is 9.96. The van der Waals surface area contributed by atoms with Crippen LogP contribution in [0.1, 0.15) is 31.1 Å². The van der Waals surface area contributed by atoms with Gasteiger partial charge in [0.2, 0.25) is 6.29 Å². The molecule has 0 N–H and O–H groups in total. The summed E-state index contributed by atoms with van der Waals surface area (Å²) in [6.45, 7) is 5.43. The van der Waals surface area contributed by atoms with E-state index in [1.54, 1.807) is 62.4 Å². The van der Waals surface area contributed by atoms with E-state index in [0.717, 1.165) is 0 Å². The van der Waals surface area contributed by atoms with Gasteiger partial charge >= 0.3 is 12.1 Å². The molecule has 8 heteroatoms. The molecule has 2 aromatic carbocycles. The first-order chi connectivity index (χ1) is 14.7. The summed E-state index contributed by atoms with van der Waals surface area (Å²) in [5.41, 5.74) is 0.367. The lowest BCUT2D eigenvalue weighted by Crippen LogP contribution is -2.52. The van der Waals surface area contributed by atoms with Crippen LogP contribution in [0.2, 0.25) is 0 Å². The average molecular weight is 435 g/mol. The average Bonchev–Trinajstić information content (AvgIpc) is 2.75. The second-order valence-corrected chi connectivity index (χ2v) is 7.53. The topological polar surface area (TPSA) is 57.1 Å². The highest BCUT2D eigenvalue weighted by atomic mass is 19.4. The fraction of sp³-hybridized carbons (Fsp3) is 0.391. The predicted molar refractivity (Wildman–Crippen MR) is 109 cm³/mol. The Labute approximate surface area is 178 Å². The van der Waals surface area contributed by atoms with Gasteiger partial charge in [0.05, 0.1) is 17.4 Å². The van der Waals surface area contributed by atoms with Gasteiger partial charge in [-0.1, -0.05) is 50.2 Å². The Bertz CT molecular complexity index is 902. The van der Waals surface area contributed by atoms with E-state index in [9.17, 15) is 18.0 Å². The van der Waals surface area contributed by atoms with Gasteiger partial charge in [0.25, 0.3) is 5.90 Å². The van der Waals surface area contributed by atoms with Gasteiger partial charge in [-0.15, -0.1) is 0 Å². The summed E-state index contributed by atoms with van der Waals surface area (Å²) in [5, 5.41) is 0. The van der Waals surface area contributed by atoms with Gasteiger partial charge in [0.15, 0.2) is 6.10 Å². The van der Waals surface area contributed by atoms with Crippen molar-refractivity contribution < 1.29 is 32.2 Å². The maximum atomic E-state index is 13.7. The molecule has 0 spiro atoms. The number of hydrogen-bond donors (Lipinski definition) is 0. The number of ether oxygens (including phenoxy) is 3. The molecule has 31 heavy (non-hydrogen) atoms. The third-order valence-electron chi connectivity index (χ3n) is 5.41. The predicted octanol–water partition coefficient (Wildman–Crippen LogP) is 5.54. The van der Waals surface area contributed by atoms with Gasteiger partial charge in [0, 0.05) is 5.92 Å². The highest BCUT2D eigenvalue weighted by Crippen LogP contribution is 2.35. The normalized spacial score (nSPS) is 26.9. The second-order valence-electron chi connectivity index (χ2n) is 7.53. The molecule has 1 aliphatic rings. The largest absolute Gasteiger partial charge is 0.468 e. The summed E-state index contributed by atoms with van der Waals surface area (Å²) in [6.07, 6.45) is -7.78. The standard InChI is InChI=1S/C23H24F3NO4/c1-14-15(2)19(30-20(28)17-10-6-4-7-11-17)21(29-16(14)3)31-22(23(24,25)26)27-18-12-8-5-9-13-18/h4-16,19,21H,1-3H3/b27-22+/t14-,15?,16?,19+,21+/m1/s1. The minimum absolute atomic E-state index is 0.0752. The third kappa shape index (κ3) is 5.64. The molecule has 1 saturated heterocycles. The molecule has 0 aromatic heterocycles. The molecule has 0 bridgehead atoms. The van der Waals surface area contributed by atoms with E-state index >= 15 is 0 Å². The van der Waals surface area contributed by atoms with Crippen LogP contribution in [0, 0.1) is 11.8 Å². The van der Waals surface area contributed by atoms with Crippen molar-refractivity contribution in [3.8, 4) is 0 Å². The molecular formula is C23H24F3NO4. The number of alkyl halides is 3. The molecule has 2 aromatic rings. The SMILES string of the molecule is CC1O[C@@H](O/C(=N/c2ccccc2)C(F)(F)F)[C@@H](OC(=O)c2ccccc2)C(C)[C@H]1C. The van der Waals surface area contributed by atoms with Crippen LogP contribution in [0.25, 0.3) is 0 Å². The van der Waals surface area contributed by atoms with Crippen LogP contribution in [0.4, 0.5) is 18.9 Å². The molecule has 0 amide bonds. The number of carbonyl (C=O) groups excluding carboxylic acids is 1. The number of esters is 1. The maximum absolute atomic E-state index is 13.7. The Morgan fingerprint density at radius 3 is 2.06 bits per heavy atom. The zero-order chi connectivity index (χ0) is 22.6. The van der Waals surface area contributed by atoms with Crippen molar-refractivity contribution in [1.29, 1.82) is 0 Å². The number of nitrogens with zero attached hydrogens (tertiary/aromatic N) is 1. The molecule has 5 atom stereocenters. The van der Waals surface area contributed by atoms with Gasteiger partial charge in [-0.3, -0.25) is 0 Å². The van der Waals surface area contributed by atoms with Crippen molar-refractivity contribution in [2.45, 2.75) is 45.4 Å². The molecule has 1 aliphatic heterocycles. The van der Waals surface area contributed by atoms with E-state index in [1.165, 1.54) is 12.1 Å². The molecule has 5 nitrogen and oxygen atoms in total. The fourth-order valence-corrected chi connectivity index (χ4v) is 3.30. The number of carbonyl (C=O) groups is 1. The van der Waals surface area contributed by atoms with Crippen molar-refractivity contribution in [2.24, 2.45) is 16.8 Å². The van der Waals surface area contributed by atoms with Crippen LogP contribution in [-0.2, 0) is 14.2 Å². The summed E-state index contributed by atoms with van der Waals surface area (Å²) < 4.78 is 57.5. The summed E-state index contributed by atoms with van der Waals surface area (Å²) in [4.78, 5) is 16.2. The first-order valence-corrected chi connectivity index (χ1v) is 9.96. The van der Waals surface area contributed by atoms with Crippen LogP contribution < -0.4 is 0 Å². The first kappa shape index (κ1) is 22.8. The van der Waals surface area contributed by atoms with Crippen LogP contribution >= 0.6 is 0 Å². The number of para-hydroxylation sites is 1. The van der Waals surface area contributed by atoms with Crippen LogP contribution in [-0.4, -0.2) is 36.5 Å². The minimum atomic E-state index is -4.86. The maximum Gasteiger partial charge on any atom is 0.468 e. The van der Waals surface area contributed by atoms with Gasteiger partial charge in [-0.25, -0.2) is 9.79 Å². The zero-order valence-corrected chi connectivity index (χ0v) is 17.4. The summed E-state index contributed by atoms with van der Waals surface area (Å²) >= 11 is 0. The Kier molecular flexibility index (Phi) is 7.00. The number of aliphatic imine (C=N–C) groups is 1. The summed E-state index contributed by atoms with van der Waals surface area (Å²) in [6, 6.07) is 15.9. The van der Waals surface area contributed by atoms with E-state index in [1.807, 2.05) is 6.92 Å². The smallest absolute Gasteiger partial charge is 0.452 e. The van der Waals surface area contributed by atoms with Crippen LogP contribution in [0.3, 0.4) is 0 Å². The number of benzene rings is 2. The minimum Gasteiger partial charge on any atom is -0.452 e. The van der Waals surface area contributed by atoms with Gasteiger partial charge < -0.3 is 14.2 Å². The van der Waals surface area contributed by atoms with Gasteiger partial charge in [-0.2, -0.15) is 13.2 Å². The van der Waals surface area contributed by atoms with E-state index < -0.39 is 36.5 Å². The lowest BCUT2D eigenvalue weighted by atomic mass is 9.84. The van der Waals surface area contributed by atoms with Crippen molar-refractivity contribution in [3.05, 3.63) is 66.2 Å². The van der Waals surface area contributed by atoms with Gasteiger partial charge in [0.1, 0.15) is 0 Å². The molecule has 3 rings (SSSR count). The molecule has 1 heterocycles. The van der Waals surface area contributed by atoms with E-state index in [0.29, 0.717) is 0 Å². The Morgan fingerprint density at radius 1 is 0.903 bits per heavy atom. The zero-order valence-electron chi connectivity index (χ0n) is 17.4. The van der Waals surface area contributed by atoms with E-state index in [2.05, 4.69) is 4.99 Å². The quantitative estimate of drug-likeness (QED) is 0.360. The second kappa shape index (κ2) is 9.51. The molecule has 0 radical (unpaired) electrons. The Morgan fingerprint density at radius 2 is 1.48 bits per heavy atom.